The number of primary amides is 1. The molecule has 0 bridgehead atoms. The molecule has 0 atom stereocenters. The topological polar surface area (TPSA) is 152 Å². The predicted molar refractivity (Wildman–Crippen MR) is 110 cm³/mol. The first-order valence-corrected chi connectivity index (χ1v) is 8.84. The lowest BCUT2D eigenvalue weighted by atomic mass is 10.2. The van der Waals surface area contributed by atoms with Crippen LogP contribution in [0.25, 0.3) is 11.0 Å². The molecule has 2 amide bonds. The number of rotatable bonds is 9. The maximum absolute atomic E-state index is 12.7. The first kappa shape index (κ1) is 20.8. The van der Waals surface area contributed by atoms with E-state index in [0.29, 0.717) is 36.7 Å². The summed E-state index contributed by atoms with van der Waals surface area (Å²) in [5.41, 5.74) is 13.0. The van der Waals surface area contributed by atoms with Crippen LogP contribution in [-0.4, -0.2) is 40.2 Å². The van der Waals surface area contributed by atoms with Crippen LogP contribution in [-0.2, 0) is 11.3 Å². The second kappa shape index (κ2) is 9.47. The van der Waals surface area contributed by atoms with Crippen LogP contribution < -0.4 is 22.1 Å². The summed E-state index contributed by atoms with van der Waals surface area (Å²) < 4.78 is 1.80. The van der Waals surface area contributed by atoms with Crippen LogP contribution in [0.1, 0.15) is 24.2 Å². The molecule has 7 N–H and O–H groups in total. The van der Waals surface area contributed by atoms with Gasteiger partial charge < -0.3 is 26.8 Å². The predicted octanol–water partition coefficient (Wildman–Crippen LogP) is 1.12. The average Bonchev–Trinajstić information content (AvgIpc) is 2.97. The van der Waals surface area contributed by atoms with Crippen LogP contribution in [0.2, 0.25) is 0 Å². The van der Waals surface area contributed by atoms with Crippen molar-refractivity contribution < 1.29 is 9.59 Å². The van der Waals surface area contributed by atoms with E-state index in [4.69, 9.17) is 16.9 Å². The second-order valence-corrected chi connectivity index (χ2v) is 6.05. The number of aromatic nitrogens is 2. The molecule has 1 aromatic carbocycles. The van der Waals surface area contributed by atoms with Crippen molar-refractivity contribution in [1.29, 1.82) is 5.41 Å². The number of hydrogen-bond donors (Lipinski definition) is 5. The Labute approximate surface area is 163 Å². The first-order valence-electron chi connectivity index (χ1n) is 8.84. The molecule has 0 saturated carbocycles. The van der Waals surface area contributed by atoms with Gasteiger partial charge in [-0.2, -0.15) is 0 Å². The maximum Gasteiger partial charge on any atom is 0.274 e. The van der Waals surface area contributed by atoms with Gasteiger partial charge in [0, 0.05) is 30.9 Å². The minimum atomic E-state index is -0.552. The highest BCUT2D eigenvalue weighted by atomic mass is 16.2. The number of allylic oxidation sites excluding steroid dienone is 2. The summed E-state index contributed by atoms with van der Waals surface area (Å²) in [5.74, 6) is -0.651. The molecule has 2 aromatic rings. The maximum atomic E-state index is 12.7. The summed E-state index contributed by atoms with van der Waals surface area (Å²) in [6, 6.07) is 4.93. The minimum absolute atomic E-state index is 0.247. The molecule has 2 rings (SSSR count). The summed E-state index contributed by atoms with van der Waals surface area (Å²) in [7, 11) is 0. The van der Waals surface area contributed by atoms with Gasteiger partial charge in [-0.15, -0.1) is 0 Å². The van der Waals surface area contributed by atoms with E-state index in [1.54, 1.807) is 35.8 Å². The van der Waals surface area contributed by atoms with Gasteiger partial charge in [-0.3, -0.25) is 14.9 Å². The van der Waals surface area contributed by atoms with Crippen molar-refractivity contribution in [1.82, 2.24) is 14.9 Å². The van der Waals surface area contributed by atoms with E-state index in [-0.39, 0.29) is 11.4 Å². The Hall–Kier alpha value is -3.46. The molecule has 0 aliphatic heterocycles. The van der Waals surface area contributed by atoms with Gasteiger partial charge in [0.2, 0.25) is 11.9 Å². The fraction of sp³-hybridized carbons (Fsp3) is 0.263. The molecular formula is C19H25N7O2. The highest BCUT2D eigenvalue weighted by Gasteiger charge is 2.16. The van der Waals surface area contributed by atoms with Crippen LogP contribution in [0.4, 0.5) is 5.95 Å². The SMILES string of the molecule is CCN/C(=C\C(C)=N)C(=O)Nc1nc2cc(C(N)=O)ccc2n1C/C=C/CN. The minimum Gasteiger partial charge on any atom is -0.381 e. The number of amides is 2. The Morgan fingerprint density at radius 3 is 2.68 bits per heavy atom. The summed E-state index contributed by atoms with van der Waals surface area (Å²) in [5, 5.41) is 13.3. The Kier molecular flexibility index (Phi) is 7.05. The zero-order chi connectivity index (χ0) is 20.7. The standard InChI is InChI=1S/C19H25N7O2/c1-3-23-15(10-12(2)21)18(28)25-19-24-14-11-13(17(22)27)6-7-16(14)26(19)9-5-4-8-20/h4-7,10-11,21,23H,3,8-9,20H2,1-2H3,(H2,22,27)(H,24,25,28)/b5-4+,15-10-,21-12?. The number of carbonyl (C=O) groups is 2. The number of benzene rings is 1. The van der Waals surface area contributed by atoms with Crippen LogP contribution in [0, 0.1) is 5.41 Å². The van der Waals surface area contributed by atoms with E-state index < -0.39 is 11.8 Å². The van der Waals surface area contributed by atoms with Crippen molar-refractivity contribution in [2.24, 2.45) is 11.5 Å². The molecule has 28 heavy (non-hydrogen) atoms. The Balaban J connectivity index is 2.46. The van der Waals surface area contributed by atoms with Crippen molar-refractivity contribution in [3.05, 3.63) is 47.7 Å². The lowest BCUT2D eigenvalue weighted by molar-refractivity contribution is -0.113. The third kappa shape index (κ3) is 5.04. The van der Waals surface area contributed by atoms with Gasteiger partial charge in [0.15, 0.2) is 0 Å². The van der Waals surface area contributed by atoms with E-state index in [0.717, 1.165) is 5.52 Å². The van der Waals surface area contributed by atoms with E-state index in [1.807, 2.05) is 13.0 Å². The molecule has 0 unspecified atom stereocenters. The van der Waals surface area contributed by atoms with E-state index in [2.05, 4.69) is 15.6 Å². The normalized spacial score (nSPS) is 11.8. The molecule has 0 radical (unpaired) electrons. The fourth-order valence-electron chi connectivity index (χ4n) is 2.61. The van der Waals surface area contributed by atoms with Gasteiger partial charge in [0.05, 0.1) is 11.0 Å². The zero-order valence-electron chi connectivity index (χ0n) is 16.0. The van der Waals surface area contributed by atoms with E-state index >= 15 is 0 Å². The number of hydrogen-bond acceptors (Lipinski definition) is 6. The van der Waals surface area contributed by atoms with Gasteiger partial charge in [0.25, 0.3) is 5.91 Å². The van der Waals surface area contributed by atoms with Gasteiger partial charge in [-0.25, -0.2) is 4.98 Å². The Morgan fingerprint density at radius 1 is 1.32 bits per heavy atom. The summed E-state index contributed by atoms with van der Waals surface area (Å²) >= 11 is 0. The fourth-order valence-corrected chi connectivity index (χ4v) is 2.61. The number of anilines is 1. The molecule has 0 fully saturated rings. The summed E-state index contributed by atoms with van der Waals surface area (Å²) in [4.78, 5) is 28.6. The van der Waals surface area contributed by atoms with E-state index in [9.17, 15) is 9.59 Å². The number of nitrogens with zero attached hydrogens (tertiary/aromatic N) is 2. The monoisotopic (exact) mass is 383 g/mol. The van der Waals surface area contributed by atoms with Crippen molar-refractivity contribution in [3.8, 4) is 0 Å². The van der Waals surface area contributed by atoms with Gasteiger partial charge in [-0.1, -0.05) is 12.2 Å². The van der Waals surface area contributed by atoms with Crippen LogP contribution in [0.5, 0.6) is 0 Å². The number of fused-ring (bicyclic) bond motifs is 1. The molecule has 0 spiro atoms. The second-order valence-electron chi connectivity index (χ2n) is 6.05. The number of likely N-dealkylation sites (N-methyl/N-ethyl adjacent to an activating group) is 1. The van der Waals surface area contributed by atoms with Crippen LogP contribution in [0.3, 0.4) is 0 Å². The number of carbonyl (C=O) groups excluding carboxylic acids is 2. The van der Waals surface area contributed by atoms with Crippen molar-refractivity contribution in [3.63, 3.8) is 0 Å². The molecule has 9 nitrogen and oxygen atoms in total. The quantitative estimate of drug-likeness (QED) is 0.250. The summed E-state index contributed by atoms with van der Waals surface area (Å²) in [6.45, 7) is 4.81. The average molecular weight is 383 g/mol. The third-order valence-corrected chi connectivity index (χ3v) is 3.82. The lowest BCUT2D eigenvalue weighted by Crippen LogP contribution is -2.27. The van der Waals surface area contributed by atoms with Crippen molar-refractivity contribution in [2.45, 2.75) is 20.4 Å². The Morgan fingerprint density at radius 2 is 2.07 bits per heavy atom. The van der Waals surface area contributed by atoms with Crippen LogP contribution in [0.15, 0.2) is 42.1 Å². The van der Waals surface area contributed by atoms with Crippen molar-refractivity contribution in [2.75, 3.05) is 18.4 Å². The molecule has 1 heterocycles. The highest BCUT2D eigenvalue weighted by molar-refractivity contribution is 6.07. The number of nitrogens with one attached hydrogen (secondary N) is 3. The summed E-state index contributed by atoms with van der Waals surface area (Å²) in [6.07, 6.45) is 5.12. The van der Waals surface area contributed by atoms with Gasteiger partial charge in [-0.05, 0) is 38.1 Å². The molecule has 0 aliphatic carbocycles. The zero-order valence-corrected chi connectivity index (χ0v) is 16.0. The smallest absolute Gasteiger partial charge is 0.274 e. The van der Waals surface area contributed by atoms with Crippen LogP contribution >= 0.6 is 0 Å². The molecule has 9 heteroatoms. The van der Waals surface area contributed by atoms with Crippen molar-refractivity contribution >= 4 is 34.5 Å². The number of imidazole rings is 1. The molecule has 1 aromatic heterocycles. The lowest BCUT2D eigenvalue weighted by Gasteiger charge is -2.11. The largest absolute Gasteiger partial charge is 0.381 e. The molecular weight excluding hydrogens is 358 g/mol. The molecule has 148 valence electrons. The van der Waals surface area contributed by atoms with Gasteiger partial charge in [0.1, 0.15) is 5.70 Å². The highest BCUT2D eigenvalue weighted by Crippen LogP contribution is 2.21. The molecule has 0 aliphatic rings. The third-order valence-electron chi connectivity index (χ3n) is 3.82. The molecule has 0 saturated heterocycles. The first-order chi connectivity index (χ1) is 13.4. The van der Waals surface area contributed by atoms with Gasteiger partial charge >= 0.3 is 0 Å². The Bertz CT molecular complexity index is 957. The number of nitrogens with two attached hydrogens (primary N) is 2. The van der Waals surface area contributed by atoms with E-state index in [1.165, 1.54) is 6.08 Å².